The van der Waals surface area contributed by atoms with E-state index in [1.807, 2.05) is 12.2 Å². The van der Waals surface area contributed by atoms with E-state index in [4.69, 9.17) is 9.47 Å². The van der Waals surface area contributed by atoms with Crippen LogP contribution in [-0.4, -0.2) is 60.5 Å². The summed E-state index contributed by atoms with van der Waals surface area (Å²) in [5.74, 6) is -3.04. The second kappa shape index (κ2) is 9.10. The van der Waals surface area contributed by atoms with Gasteiger partial charge in [0.2, 0.25) is 11.8 Å². The van der Waals surface area contributed by atoms with Gasteiger partial charge in [0.05, 0.1) is 35.8 Å². The molecular formula is C20H25N3O7. The van der Waals surface area contributed by atoms with Gasteiger partial charge in [-0.3, -0.25) is 19.3 Å². The number of rotatable bonds is 7. The minimum Gasteiger partial charge on any atom is -0.463 e. The molecular weight excluding hydrogens is 394 g/mol. The molecule has 0 unspecified atom stereocenters. The maximum Gasteiger partial charge on any atom is 0.338 e. The highest BCUT2D eigenvalue weighted by atomic mass is 16.5. The van der Waals surface area contributed by atoms with E-state index in [1.54, 1.807) is 13.8 Å². The number of amides is 4. The van der Waals surface area contributed by atoms with E-state index in [-0.39, 0.29) is 36.3 Å². The van der Waals surface area contributed by atoms with E-state index in [9.17, 15) is 24.0 Å². The molecule has 10 nitrogen and oxygen atoms in total. The molecule has 0 radical (unpaired) electrons. The van der Waals surface area contributed by atoms with Crippen molar-refractivity contribution >= 4 is 29.8 Å². The largest absolute Gasteiger partial charge is 0.463 e. The van der Waals surface area contributed by atoms with Crippen molar-refractivity contribution in [3.05, 3.63) is 23.4 Å². The quantitative estimate of drug-likeness (QED) is 0.347. The van der Waals surface area contributed by atoms with Crippen LogP contribution in [0.3, 0.4) is 0 Å². The fraction of sp³-hybridized carbons (Fsp3) is 0.550. The second-order valence-corrected chi connectivity index (χ2v) is 7.25. The van der Waals surface area contributed by atoms with Crippen molar-refractivity contribution in [3.63, 3.8) is 0 Å². The van der Waals surface area contributed by atoms with Gasteiger partial charge < -0.3 is 20.1 Å². The van der Waals surface area contributed by atoms with Gasteiger partial charge in [0.1, 0.15) is 13.2 Å². The number of fused-ring (bicyclic) bond motifs is 1. The van der Waals surface area contributed by atoms with E-state index in [0.717, 1.165) is 4.90 Å². The van der Waals surface area contributed by atoms with Gasteiger partial charge >= 0.3 is 18.0 Å². The number of urea groups is 1. The summed E-state index contributed by atoms with van der Waals surface area (Å²) >= 11 is 0. The monoisotopic (exact) mass is 419 g/mol. The zero-order chi connectivity index (χ0) is 21.8. The third-order valence-electron chi connectivity index (χ3n) is 5.41. The zero-order valence-electron chi connectivity index (χ0n) is 16.9. The van der Waals surface area contributed by atoms with Crippen LogP contribution in [-0.2, 0) is 28.7 Å². The molecule has 0 aromatic heterocycles. The predicted octanol–water partition coefficient (Wildman–Crippen LogP) is 0.389. The van der Waals surface area contributed by atoms with Gasteiger partial charge in [0.25, 0.3) is 0 Å². The molecule has 2 heterocycles. The first kappa shape index (κ1) is 21.5. The van der Waals surface area contributed by atoms with Gasteiger partial charge in [-0.1, -0.05) is 19.1 Å². The van der Waals surface area contributed by atoms with Crippen molar-refractivity contribution in [2.45, 2.75) is 39.2 Å². The zero-order valence-corrected chi connectivity index (χ0v) is 16.9. The lowest BCUT2D eigenvalue weighted by Crippen LogP contribution is -2.51. The maximum atomic E-state index is 12.5. The first-order valence-electron chi connectivity index (χ1n) is 10.0. The van der Waals surface area contributed by atoms with Crippen LogP contribution in [0.5, 0.6) is 0 Å². The normalized spacial score (nSPS) is 25.6. The van der Waals surface area contributed by atoms with Gasteiger partial charge in [0.15, 0.2) is 0 Å². The lowest BCUT2D eigenvalue weighted by molar-refractivity contribution is -0.152. The Hall–Kier alpha value is -3.17. The summed E-state index contributed by atoms with van der Waals surface area (Å²) < 4.78 is 10.2. The summed E-state index contributed by atoms with van der Waals surface area (Å²) in [6, 6.07) is -1.11. The van der Waals surface area contributed by atoms with Crippen molar-refractivity contribution in [1.29, 1.82) is 0 Å². The number of ether oxygens (including phenoxy) is 2. The molecule has 1 saturated heterocycles. The van der Waals surface area contributed by atoms with E-state index < -0.39 is 42.4 Å². The number of allylic oxidation sites excluding steroid dienone is 2. The van der Waals surface area contributed by atoms with Crippen molar-refractivity contribution in [3.8, 4) is 0 Å². The van der Waals surface area contributed by atoms with Gasteiger partial charge in [0, 0.05) is 0 Å². The van der Waals surface area contributed by atoms with Crippen LogP contribution in [0, 0.1) is 11.8 Å². The molecule has 0 bridgehead atoms. The number of imide groups is 1. The van der Waals surface area contributed by atoms with Crippen LogP contribution in [0.25, 0.3) is 0 Å². The average molecular weight is 419 g/mol. The Labute approximate surface area is 173 Å². The molecule has 2 aliphatic heterocycles. The van der Waals surface area contributed by atoms with Crippen molar-refractivity contribution in [2.24, 2.45) is 11.8 Å². The summed E-state index contributed by atoms with van der Waals surface area (Å²) in [7, 11) is 0. The first-order chi connectivity index (χ1) is 14.4. The number of nitrogens with zero attached hydrogens (tertiary/aromatic N) is 1. The highest BCUT2D eigenvalue weighted by Gasteiger charge is 2.47. The number of hydrogen-bond acceptors (Lipinski definition) is 7. The fourth-order valence-electron chi connectivity index (χ4n) is 3.93. The minimum atomic E-state index is -0.806. The second-order valence-electron chi connectivity index (χ2n) is 7.25. The lowest BCUT2D eigenvalue weighted by atomic mass is 9.85. The molecule has 3 rings (SSSR count). The Morgan fingerprint density at radius 3 is 2.27 bits per heavy atom. The Balaban J connectivity index is 1.67. The fourth-order valence-corrected chi connectivity index (χ4v) is 3.93. The number of esters is 2. The third kappa shape index (κ3) is 4.22. The highest BCUT2D eigenvalue weighted by molar-refractivity contribution is 6.07. The van der Waals surface area contributed by atoms with E-state index >= 15 is 0 Å². The van der Waals surface area contributed by atoms with Crippen LogP contribution in [0.15, 0.2) is 23.4 Å². The summed E-state index contributed by atoms with van der Waals surface area (Å²) in [4.78, 5) is 62.4. The minimum absolute atomic E-state index is 0.120. The van der Waals surface area contributed by atoms with Gasteiger partial charge in [-0.2, -0.15) is 0 Å². The van der Waals surface area contributed by atoms with E-state index in [0.29, 0.717) is 19.3 Å². The molecule has 1 aliphatic carbocycles. The summed E-state index contributed by atoms with van der Waals surface area (Å²) in [6.45, 7) is 2.71. The van der Waals surface area contributed by atoms with Crippen LogP contribution in [0.4, 0.5) is 4.79 Å². The molecule has 3 atom stereocenters. The smallest absolute Gasteiger partial charge is 0.338 e. The standard InChI is InChI=1S/C20H25N3O7/c1-3-13-16(19(27)29-4-2)14(22-20(28)21-13)10-30-15(24)9-23-17(25)11-7-5-6-8-12(11)18(23)26/h5-6,11-13H,3-4,7-10H2,1-2H3,(H2,21,22,28)/t11-,12-,13+/m0/s1. The molecule has 162 valence electrons. The molecule has 0 saturated carbocycles. The number of nitrogens with one attached hydrogen (secondary N) is 2. The average Bonchev–Trinajstić information content (AvgIpc) is 2.97. The Morgan fingerprint density at radius 1 is 1.07 bits per heavy atom. The molecule has 2 N–H and O–H groups in total. The van der Waals surface area contributed by atoms with Gasteiger partial charge in [-0.05, 0) is 26.2 Å². The molecule has 0 spiro atoms. The SMILES string of the molecule is CCOC(=O)C1=C(COC(=O)CN2C(=O)[C@H]3CC=CC[C@@H]3C2=O)NC(=O)N[C@@H]1CC. The van der Waals surface area contributed by atoms with Crippen molar-refractivity contribution < 1.29 is 33.4 Å². The van der Waals surface area contributed by atoms with Crippen molar-refractivity contribution in [1.82, 2.24) is 15.5 Å². The van der Waals surface area contributed by atoms with E-state index in [1.165, 1.54) is 0 Å². The summed E-state index contributed by atoms with van der Waals surface area (Å²) in [5.41, 5.74) is 0.298. The van der Waals surface area contributed by atoms with Crippen molar-refractivity contribution in [2.75, 3.05) is 19.8 Å². The number of carbonyl (C=O) groups excluding carboxylic acids is 5. The van der Waals surface area contributed by atoms with E-state index in [2.05, 4.69) is 10.6 Å². The van der Waals surface area contributed by atoms with Crippen LogP contribution in [0.1, 0.15) is 33.1 Å². The van der Waals surface area contributed by atoms with Crippen LogP contribution >= 0.6 is 0 Å². The lowest BCUT2D eigenvalue weighted by Gasteiger charge is -2.28. The molecule has 0 aromatic rings. The van der Waals surface area contributed by atoms with Crippen LogP contribution in [0.2, 0.25) is 0 Å². The summed E-state index contributed by atoms with van der Waals surface area (Å²) in [6.07, 6.45) is 5.12. The predicted molar refractivity (Wildman–Crippen MR) is 102 cm³/mol. The third-order valence-corrected chi connectivity index (χ3v) is 5.41. The Morgan fingerprint density at radius 2 is 1.70 bits per heavy atom. The number of likely N-dealkylation sites (tertiary alicyclic amines) is 1. The van der Waals surface area contributed by atoms with Gasteiger partial charge in [-0.25, -0.2) is 9.59 Å². The number of carbonyl (C=O) groups is 5. The first-order valence-corrected chi connectivity index (χ1v) is 10.0. The topological polar surface area (TPSA) is 131 Å². The highest BCUT2D eigenvalue weighted by Crippen LogP contribution is 2.34. The maximum absolute atomic E-state index is 12.5. The Bertz CT molecular complexity index is 806. The summed E-state index contributed by atoms with van der Waals surface area (Å²) in [5, 5.41) is 5.09. The molecule has 10 heteroatoms. The van der Waals surface area contributed by atoms with Gasteiger partial charge in [-0.15, -0.1) is 0 Å². The Kier molecular flexibility index (Phi) is 6.53. The molecule has 30 heavy (non-hydrogen) atoms. The van der Waals surface area contributed by atoms with Crippen LogP contribution < -0.4 is 10.6 Å². The number of hydrogen-bond donors (Lipinski definition) is 2. The molecule has 4 amide bonds. The molecule has 1 fully saturated rings. The molecule has 0 aromatic carbocycles. The molecule has 3 aliphatic rings.